The number of aromatic hydroxyl groups is 1. The summed E-state index contributed by atoms with van der Waals surface area (Å²) in [7, 11) is 1.67. The number of pyridine rings is 1. The number of thiocarbonyl (C=S) groups is 1. The Morgan fingerprint density at radius 3 is 2.32 bits per heavy atom. The van der Waals surface area contributed by atoms with Gasteiger partial charge < -0.3 is 24.6 Å². The molecule has 1 aliphatic rings. The van der Waals surface area contributed by atoms with Crippen molar-refractivity contribution < 1.29 is 9.84 Å². The molecule has 2 atom stereocenters. The van der Waals surface area contributed by atoms with Gasteiger partial charge in [-0.15, -0.1) is 0 Å². The van der Waals surface area contributed by atoms with Crippen molar-refractivity contribution in [2.24, 2.45) is 0 Å². The minimum atomic E-state index is -0.132. The van der Waals surface area contributed by atoms with E-state index in [4.69, 9.17) is 17.0 Å². The molecule has 0 amide bonds. The van der Waals surface area contributed by atoms with E-state index in [0.29, 0.717) is 5.11 Å². The number of nitrogens with one attached hydrogen (secondary N) is 1. The molecule has 0 saturated carbocycles. The number of hydrogen-bond donors (Lipinski definition) is 2. The van der Waals surface area contributed by atoms with Crippen molar-refractivity contribution in [3.8, 4) is 17.2 Å². The monoisotopic (exact) mass is 470 g/mol. The van der Waals surface area contributed by atoms with Gasteiger partial charge in [0, 0.05) is 29.0 Å². The van der Waals surface area contributed by atoms with Crippen molar-refractivity contribution in [3.05, 3.63) is 102 Å². The standard InChI is InChI=1S/C27H26N4O2S/c1-17-16-23(18(2)30(17)19-9-13-22(33-3)14-10-19)26-25(24-6-4-5-15-28-24)29-27(34)31(26)20-7-11-21(32)12-8-20/h4-16,25-26,32H,1-3H3,(H,29,34)/t25-,26-/m0/s1. The van der Waals surface area contributed by atoms with Gasteiger partial charge >= 0.3 is 0 Å². The van der Waals surface area contributed by atoms with Crippen LogP contribution in [0.2, 0.25) is 0 Å². The van der Waals surface area contributed by atoms with Crippen molar-refractivity contribution in [3.63, 3.8) is 0 Å². The zero-order chi connectivity index (χ0) is 23.8. The molecule has 2 aromatic heterocycles. The van der Waals surface area contributed by atoms with Crippen LogP contribution in [0.4, 0.5) is 5.69 Å². The summed E-state index contributed by atoms with van der Waals surface area (Å²) < 4.78 is 7.59. The maximum Gasteiger partial charge on any atom is 0.174 e. The normalized spacial score (nSPS) is 17.6. The predicted octanol–water partition coefficient (Wildman–Crippen LogP) is 5.38. The molecule has 1 fully saturated rings. The van der Waals surface area contributed by atoms with Crippen molar-refractivity contribution in [2.45, 2.75) is 25.9 Å². The molecule has 172 valence electrons. The van der Waals surface area contributed by atoms with Gasteiger partial charge in [0.2, 0.25) is 0 Å². The van der Waals surface area contributed by atoms with Gasteiger partial charge in [-0.1, -0.05) is 6.07 Å². The quantitative estimate of drug-likeness (QED) is 0.382. The van der Waals surface area contributed by atoms with Crippen LogP contribution in [0.3, 0.4) is 0 Å². The molecule has 0 aliphatic carbocycles. The summed E-state index contributed by atoms with van der Waals surface area (Å²) in [5.41, 5.74) is 6.31. The van der Waals surface area contributed by atoms with Crippen LogP contribution in [0.25, 0.3) is 5.69 Å². The number of anilines is 1. The molecule has 6 nitrogen and oxygen atoms in total. The maximum absolute atomic E-state index is 9.84. The lowest BCUT2D eigenvalue weighted by atomic mass is 9.96. The molecule has 4 aromatic rings. The van der Waals surface area contributed by atoms with Gasteiger partial charge in [0.25, 0.3) is 0 Å². The average molecular weight is 471 g/mol. The fourth-order valence-corrected chi connectivity index (χ4v) is 5.12. The second-order valence-corrected chi connectivity index (χ2v) is 8.76. The first-order valence-corrected chi connectivity index (χ1v) is 11.5. The number of rotatable bonds is 5. The highest BCUT2D eigenvalue weighted by atomic mass is 32.1. The summed E-state index contributed by atoms with van der Waals surface area (Å²) in [6.07, 6.45) is 1.81. The van der Waals surface area contributed by atoms with Gasteiger partial charge in [0.1, 0.15) is 11.5 Å². The number of aromatic nitrogens is 2. The fraction of sp³-hybridized carbons (Fsp3) is 0.185. The highest BCUT2D eigenvalue weighted by molar-refractivity contribution is 7.80. The predicted molar refractivity (Wildman–Crippen MR) is 138 cm³/mol. The SMILES string of the molecule is COc1ccc(-n2c(C)cc([C@H]3[C@H](c4ccccn4)NC(=S)N3c3ccc(O)cc3)c2C)cc1. The van der Waals surface area contributed by atoms with Gasteiger partial charge in [0.05, 0.1) is 24.9 Å². The molecule has 0 radical (unpaired) electrons. The topological polar surface area (TPSA) is 62.5 Å². The van der Waals surface area contributed by atoms with Crippen molar-refractivity contribution in [1.82, 2.24) is 14.9 Å². The van der Waals surface area contributed by atoms with E-state index < -0.39 is 0 Å². The highest BCUT2D eigenvalue weighted by Gasteiger charge is 2.42. The Morgan fingerprint density at radius 2 is 1.68 bits per heavy atom. The lowest BCUT2D eigenvalue weighted by molar-refractivity contribution is 0.414. The van der Waals surface area contributed by atoms with Gasteiger partial charge in [-0.2, -0.15) is 0 Å². The molecule has 2 aromatic carbocycles. The number of methoxy groups -OCH3 is 1. The lowest BCUT2D eigenvalue weighted by Gasteiger charge is -2.28. The Labute approximate surface area is 204 Å². The van der Waals surface area contributed by atoms with E-state index in [-0.39, 0.29) is 17.8 Å². The van der Waals surface area contributed by atoms with E-state index in [0.717, 1.165) is 39.8 Å². The summed E-state index contributed by atoms with van der Waals surface area (Å²) in [4.78, 5) is 6.76. The number of hydrogen-bond acceptors (Lipinski definition) is 4. The molecular weight excluding hydrogens is 444 g/mol. The van der Waals surface area contributed by atoms with Crippen molar-refractivity contribution in [2.75, 3.05) is 12.0 Å². The third-order valence-electron chi connectivity index (χ3n) is 6.35. The van der Waals surface area contributed by atoms with E-state index in [1.807, 2.05) is 42.5 Å². The summed E-state index contributed by atoms with van der Waals surface area (Å²) in [5, 5.41) is 14.0. The Balaban J connectivity index is 1.65. The second-order valence-electron chi connectivity index (χ2n) is 8.37. The molecule has 0 bridgehead atoms. The van der Waals surface area contributed by atoms with Crippen LogP contribution in [0, 0.1) is 13.8 Å². The molecular formula is C27H26N4O2S. The zero-order valence-electron chi connectivity index (χ0n) is 19.3. The van der Waals surface area contributed by atoms with Crippen LogP contribution in [-0.4, -0.2) is 26.9 Å². The summed E-state index contributed by atoms with van der Waals surface area (Å²) in [6.45, 7) is 4.25. The van der Waals surface area contributed by atoms with E-state index in [1.165, 1.54) is 0 Å². The molecule has 0 unspecified atom stereocenters. The zero-order valence-corrected chi connectivity index (χ0v) is 20.1. The molecule has 3 heterocycles. The minimum Gasteiger partial charge on any atom is -0.508 e. The summed E-state index contributed by atoms with van der Waals surface area (Å²) >= 11 is 5.82. The Hall–Kier alpha value is -3.84. The fourth-order valence-electron chi connectivity index (χ4n) is 4.78. The second kappa shape index (κ2) is 8.83. The summed E-state index contributed by atoms with van der Waals surface area (Å²) in [6, 6.07) is 23.1. The molecule has 1 aliphatic heterocycles. The highest BCUT2D eigenvalue weighted by Crippen LogP contribution is 2.44. The molecule has 0 spiro atoms. The number of aryl methyl sites for hydroxylation is 1. The molecule has 7 heteroatoms. The number of nitrogens with zero attached hydrogens (tertiary/aromatic N) is 3. The average Bonchev–Trinajstić information content (AvgIpc) is 3.35. The van der Waals surface area contributed by atoms with Gasteiger partial charge in [-0.05, 0) is 98.4 Å². The van der Waals surface area contributed by atoms with E-state index in [9.17, 15) is 5.11 Å². The van der Waals surface area contributed by atoms with Crippen LogP contribution in [0.5, 0.6) is 11.5 Å². The van der Waals surface area contributed by atoms with Crippen LogP contribution < -0.4 is 15.0 Å². The van der Waals surface area contributed by atoms with E-state index in [2.05, 4.69) is 51.8 Å². The van der Waals surface area contributed by atoms with Crippen molar-refractivity contribution in [1.29, 1.82) is 0 Å². The van der Waals surface area contributed by atoms with E-state index >= 15 is 0 Å². The molecule has 34 heavy (non-hydrogen) atoms. The third kappa shape index (κ3) is 3.78. The largest absolute Gasteiger partial charge is 0.508 e. The Bertz CT molecular complexity index is 1320. The first kappa shape index (κ1) is 22.0. The van der Waals surface area contributed by atoms with Crippen LogP contribution >= 0.6 is 12.2 Å². The van der Waals surface area contributed by atoms with Crippen LogP contribution in [0.15, 0.2) is 79.0 Å². The van der Waals surface area contributed by atoms with Crippen molar-refractivity contribution >= 4 is 23.0 Å². The van der Waals surface area contributed by atoms with Crippen LogP contribution in [0.1, 0.15) is 34.7 Å². The third-order valence-corrected chi connectivity index (χ3v) is 6.66. The first-order valence-electron chi connectivity index (χ1n) is 11.1. The maximum atomic E-state index is 9.84. The van der Waals surface area contributed by atoms with Gasteiger partial charge in [0.15, 0.2) is 5.11 Å². The number of ether oxygens (including phenoxy) is 1. The molecule has 1 saturated heterocycles. The van der Waals surface area contributed by atoms with E-state index in [1.54, 1.807) is 25.4 Å². The van der Waals surface area contributed by atoms with Gasteiger partial charge in [-0.25, -0.2) is 0 Å². The first-order chi connectivity index (χ1) is 16.5. The lowest BCUT2D eigenvalue weighted by Crippen LogP contribution is -2.29. The minimum absolute atomic E-state index is 0.120. The number of benzene rings is 2. The van der Waals surface area contributed by atoms with Gasteiger partial charge in [-0.3, -0.25) is 4.98 Å². The molecule has 2 N–H and O–H groups in total. The number of phenolic OH excluding ortho intramolecular Hbond substituents is 1. The summed E-state index contributed by atoms with van der Waals surface area (Å²) in [5.74, 6) is 1.04. The Morgan fingerprint density at radius 1 is 0.971 bits per heavy atom. The smallest absolute Gasteiger partial charge is 0.174 e. The van der Waals surface area contributed by atoms with Crippen LogP contribution in [-0.2, 0) is 0 Å². The molecule has 5 rings (SSSR count). The number of phenols is 1. The Kier molecular flexibility index (Phi) is 5.71.